The summed E-state index contributed by atoms with van der Waals surface area (Å²) in [5.74, 6) is -3.13. The molecule has 0 amide bonds. The molecule has 10 heteroatoms. The maximum absolute atomic E-state index is 12.4. The zero-order chi connectivity index (χ0) is 14.2. The maximum atomic E-state index is 12.4. The van der Waals surface area contributed by atoms with Crippen LogP contribution in [0.15, 0.2) is 18.3 Å². The molecule has 19 heavy (non-hydrogen) atoms. The predicted molar refractivity (Wildman–Crippen MR) is 58.4 cm³/mol. The SMILES string of the molecule is Nc1nc(C(F)(F)F)nn1C(=O)c1cccnc1Cl. The van der Waals surface area contributed by atoms with Crippen molar-refractivity contribution in [3.05, 3.63) is 34.9 Å². The van der Waals surface area contributed by atoms with Crippen LogP contribution in [0, 0.1) is 0 Å². The molecule has 0 saturated heterocycles. The van der Waals surface area contributed by atoms with Gasteiger partial charge in [-0.05, 0) is 12.1 Å². The van der Waals surface area contributed by atoms with Gasteiger partial charge in [0.1, 0.15) is 5.15 Å². The Morgan fingerprint density at radius 2 is 2.11 bits per heavy atom. The van der Waals surface area contributed by atoms with Gasteiger partial charge in [-0.2, -0.15) is 22.8 Å². The van der Waals surface area contributed by atoms with Crippen molar-refractivity contribution in [3.8, 4) is 0 Å². The summed E-state index contributed by atoms with van der Waals surface area (Å²) in [7, 11) is 0. The Bertz CT molecular complexity index is 639. The third-order valence-electron chi connectivity index (χ3n) is 2.07. The van der Waals surface area contributed by atoms with E-state index >= 15 is 0 Å². The second-order valence-electron chi connectivity index (χ2n) is 3.35. The first-order valence-corrected chi connectivity index (χ1v) is 5.13. The topological polar surface area (TPSA) is 86.7 Å². The van der Waals surface area contributed by atoms with Crippen molar-refractivity contribution in [3.63, 3.8) is 0 Å². The molecular formula is C9H5ClF3N5O. The number of nitrogens with two attached hydrogens (primary N) is 1. The molecule has 2 heterocycles. The fraction of sp³-hybridized carbons (Fsp3) is 0.111. The first kappa shape index (κ1) is 13.3. The average molecular weight is 292 g/mol. The van der Waals surface area contributed by atoms with Crippen LogP contribution >= 0.6 is 11.6 Å². The third-order valence-corrected chi connectivity index (χ3v) is 2.37. The number of halogens is 4. The number of anilines is 1. The van der Waals surface area contributed by atoms with Crippen molar-refractivity contribution in [2.45, 2.75) is 6.18 Å². The molecule has 0 saturated carbocycles. The van der Waals surface area contributed by atoms with E-state index in [4.69, 9.17) is 17.3 Å². The van der Waals surface area contributed by atoms with Gasteiger partial charge < -0.3 is 5.73 Å². The Morgan fingerprint density at radius 3 is 2.63 bits per heavy atom. The molecule has 100 valence electrons. The summed E-state index contributed by atoms with van der Waals surface area (Å²) in [6.45, 7) is 0. The van der Waals surface area contributed by atoms with Crippen molar-refractivity contribution in [2.24, 2.45) is 0 Å². The number of carbonyl (C=O) groups excluding carboxylic acids is 1. The average Bonchev–Trinajstić information content (AvgIpc) is 2.71. The Hall–Kier alpha value is -2.16. The smallest absolute Gasteiger partial charge is 0.368 e. The summed E-state index contributed by atoms with van der Waals surface area (Å²) in [6, 6.07) is 2.68. The number of hydrogen-bond donors (Lipinski definition) is 1. The molecule has 2 N–H and O–H groups in total. The molecule has 2 aromatic heterocycles. The Kier molecular flexibility index (Phi) is 3.14. The van der Waals surface area contributed by atoms with Crippen molar-refractivity contribution < 1.29 is 18.0 Å². The van der Waals surface area contributed by atoms with E-state index in [9.17, 15) is 18.0 Å². The molecule has 0 spiro atoms. The number of nitrogen functional groups attached to an aromatic ring is 1. The van der Waals surface area contributed by atoms with Gasteiger partial charge in [-0.25, -0.2) is 4.98 Å². The van der Waals surface area contributed by atoms with E-state index in [2.05, 4.69) is 15.1 Å². The molecule has 0 aliphatic heterocycles. The lowest BCUT2D eigenvalue weighted by atomic mass is 10.3. The zero-order valence-electron chi connectivity index (χ0n) is 9.02. The molecule has 6 nitrogen and oxygen atoms in total. The fourth-order valence-electron chi connectivity index (χ4n) is 1.25. The molecule has 0 aliphatic rings. The molecule has 0 radical (unpaired) electrons. The van der Waals surface area contributed by atoms with Gasteiger partial charge in [-0.15, -0.1) is 5.10 Å². The predicted octanol–water partition coefficient (Wildman–Crippen LogP) is 1.62. The molecule has 2 rings (SSSR count). The quantitative estimate of drug-likeness (QED) is 0.807. The highest BCUT2D eigenvalue weighted by Gasteiger charge is 2.37. The summed E-state index contributed by atoms with van der Waals surface area (Å²) >= 11 is 5.66. The van der Waals surface area contributed by atoms with Crippen LogP contribution in [0.2, 0.25) is 5.15 Å². The van der Waals surface area contributed by atoms with Gasteiger partial charge in [0.05, 0.1) is 5.56 Å². The largest absolute Gasteiger partial charge is 0.453 e. The highest BCUT2D eigenvalue weighted by Crippen LogP contribution is 2.27. The van der Waals surface area contributed by atoms with E-state index in [-0.39, 0.29) is 10.7 Å². The lowest BCUT2D eigenvalue weighted by Gasteiger charge is -2.02. The molecule has 0 unspecified atom stereocenters. The minimum absolute atomic E-state index is 0.130. The normalized spacial score (nSPS) is 11.6. The number of carbonyl (C=O) groups is 1. The maximum Gasteiger partial charge on any atom is 0.453 e. The van der Waals surface area contributed by atoms with E-state index in [1.165, 1.54) is 18.3 Å². The first-order valence-electron chi connectivity index (χ1n) is 4.75. The molecule has 0 bridgehead atoms. The number of alkyl halides is 3. The van der Waals surface area contributed by atoms with Crippen molar-refractivity contribution >= 4 is 23.5 Å². The number of hydrogen-bond acceptors (Lipinski definition) is 5. The molecule has 2 aromatic rings. The Labute approximate surface area is 109 Å². The summed E-state index contributed by atoms with van der Waals surface area (Å²) in [5, 5.41) is 2.85. The van der Waals surface area contributed by atoms with Crippen LogP contribution in [0.3, 0.4) is 0 Å². The summed E-state index contributed by atoms with van der Waals surface area (Å²) in [4.78, 5) is 18.5. The van der Waals surface area contributed by atoms with Gasteiger partial charge in [0.25, 0.3) is 11.7 Å². The van der Waals surface area contributed by atoms with Crippen LogP contribution < -0.4 is 5.73 Å². The fourth-order valence-corrected chi connectivity index (χ4v) is 1.45. The van der Waals surface area contributed by atoms with Crippen molar-refractivity contribution in [2.75, 3.05) is 5.73 Å². The lowest BCUT2D eigenvalue weighted by Crippen LogP contribution is -2.18. The van der Waals surface area contributed by atoms with Crippen LogP contribution in [0.25, 0.3) is 0 Å². The van der Waals surface area contributed by atoms with Gasteiger partial charge in [0, 0.05) is 6.20 Å². The zero-order valence-corrected chi connectivity index (χ0v) is 9.77. The third kappa shape index (κ3) is 2.50. The van der Waals surface area contributed by atoms with Crippen LogP contribution in [0.4, 0.5) is 19.1 Å². The van der Waals surface area contributed by atoms with E-state index in [0.29, 0.717) is 4.68 Å². The molecular weight excluding hydrogens is 287 g/mol. The molecule has 0 atom stereocenters. The van der Waals surface area contributed by atoms with Crippen molar-refractivity contribution in [1.82, 2.24) is 19.7 Å². The number of pyridine rings is 1. The number of rotatable bonds is 1. The highest BCUT2D eigenvalue weighted by atomic mass is 35.5. The number of aromatic nitrogens is 4. The van der Waals surface area contributed by atoms with Gasteiger partial charge >= 0.3 is 6.18 Å². The van der Waals surface area contributed by atoms with E-state index in [1.807, 2.05) is 0 Å². The van der Waals surface area contributed by atoms with E-state index in [0.717, 1.165) is 0 Å². The summed E-state index contributed by atoms with van der Waals surface area (Å²) in [6.07, 6.45) is -3.47. The van der Waals surface area contributed by atoms with Crippen LogP contribution in [-0.4, -0.2) is 25.7 Å². The Morgan fingerprint density at radius 1 is 1.42 bits per heavy atom. The van der Waals surface area contributed by atoms with Gasteiger partial charge in [0.2, 0.25) is 5.95 Å². The van der Waals surface area contributed by atoms with Crippen LogP contribution in [-0.2, 0) is 6.18 Å². The second kappa shape index (κ2) is 4.50. The highest BCUT2D eigenvalue weighted by molar-refractivity contribution is 6.32. The molecule has 0 aliphatic carbocycles. The monoisotopic (exact) mass is 291 g/mol. The number of nitrogens with zero attached hydrogens (tertiary/aromatic N) is 4. The van der Waals surface area contributed by atoms with Crippen molar-refractivity contribution in [1.29, 1.82) is 0 Å². The minimum atomic E-state index is -4.79. The van der Waals surface area contributed by atoms with Crippen LogP contribution in [0.1, 0.15) is 16.2 Å². The molecule has 0 aromatic carbocycles. The van der Waals surface area contributed by atoms with Gasteiger partial charge in [0.15, 0.2) is 0 Å². The molecule has 0 fully saturated rings. The lowest BCUT2D eigenvalue weighted by molar-refractivity contribution is -0.144. The standard InChI is InChI=1S/C9H5ClF3N5O/c10-5-4(2-1-3-15-5)6(19)18-8(14)16-7(17-18)9(11,12)13/h1-3H,(H2,14,16,17). The van der Waals surface area contributed by atoms with Gasteiger partial charge in [-0.3, -0.25) is 4.79 Å². The van der Waals surface area contributed by atoms with Crippen LogP contribution in [0.5, 0.6) is 0 Å². The minimum Gasteiger partial charge on any atom is -0.368 e. The van der Waals surface area contributed by atoms with E-state index < -0.39 is 23.9 Å². The Balaban J connectivity index is 2.46. The summed E-state index contributed by atoms with van der Waals surface area (Å²) in [5.41, 5.74) is 5.10. The van der Waals surface area contributed by atoms with Gasteiger partial charge in [-0.1, -0.05) is 11.6 Å². The summed E-state index contributed by atoms with van der Waals surface area (Å²) < 4.78 is 37.5. The van der Waals surface area contributed by atoms with E-state index in [1.54, 1.807) is 0 Å². The first-order chi connectivity index (χ1) is 8.80. The second-order valence-corrected chi connectivity index (χ2v) is 3.71.